The number of benzene rings is 1. The molecule has 1 unspecified atom stereocenters. The number of amides is 1. The number of nitrogens with zero attached hydrogens (tertiary/aromatic N) is 5. The number of rotatable bonds is 4. The number of hydrogen-bond acceptors (Lipinski definition) is 5. The third-order valence-corrected chi connectivity index (χ3v) is 4.66. The van der Waals surface area contributed by atoms with E-state index in [2.05, 4.69) is 15.2 Å². The van der Waals surface area contributed by atoms with Gasteiger partial charge < -0.3 is 9.42 Å². The van der Waals surface area contributed by atoms with Gasteiger partial charge in [0.1, 0.15) is 6.04 Å². The molecule has 0 spiro atoms. The van der Waals surface area contributed by atoms with Crippen molar-refractivity contribution in [1.29, 1.82) is 0 Å². The molecule has 1 atom stereocenters. The molecule has 7 nitrogen and oxygen atoms in total. The van der Waals surface area contributed by atoms with Gasteiger partial charge in [0.05, 0.1) is 18.3 Å². The van der Waals surface area contributed by atoms with Crippen LogP contribution < -0.4 is 0 Å². The molecule has 26 heavy (non-hydrogen) atoms. The molecule has 1 aromatic carbocycles. The Labute approximate surface area is 151 Å². The molecular weight excluding hydrogens is 330 g/mol. The Kier molecular flexibility index (Phi) is 4.51. The molecule has 3 heterocycles. The number of hydrogen-bond donors (Lipinski definition) is 0. The van der Waals surface area contributed by atoms with Gasteiger partial charge in [-0.2, -0.15) is 10.1 Å². The third-order valence-electron chi connectivity index (χ3n) is 4.66. The minimum absolute atomic E-state index is 0.0372. The summed E-state index contributed by atoms with van der Waals surface area (Å²) in [6.45, 7) is 3.12. The fraction of sp³-hybridized carbons (Fsp3) is 0.368. The van der Waals surface area contributed by atoms with Crippen LogP contribution in [-0.2, 0) is 6.54 Å². The summed E-state index contributed by atoms with van der Waals surface area (Å²) in [5, 5.41) is 8.22. The van der Waals surface area contributed by atoms with Crippen LogP contribution in [0.15, 0.2) is 47.2 Å². The Morgan fingerprint density at radius 3 is 2.88 bits per heavy atom. The van der Waals surface area contributed by atoms with E-state index in [1.165, 1.54) is 0 Å². The second-order valence-electron chi connectivity index (χ2n) is 6.60. The van der Waals surface area contributed by atoms with E-state index in [0.29, 0.717) is 30.4 Å². The second-order valence-corrected chi connectivity index (χ2v) is 6.60. The molecule has 1 aliphatic rings. The minimum atomic E-state index is -0.157. The van der Waals surface area contributed by atoms with E-state index in [9.17, 15) is 4.79 Å². The molecule has 0 saturated carbocycles. The summed E-state index contributed by atoms with van der Waals surface area (Å²) in [4.78, 5) is 19.2. The van der Waals surface area contributed by atoms with Crippen molar-refractivity contribution in [3.63, 3.8) is 0 Å². The monoisotopic (exact) mass is 351 g/mol. The van der Waals surface area contributed by atoms with Crippen LogP contribution in [0.25, 0.3) is 0 Å². The largest absolute Gasteiger partial charge is 0.337 e. The first kappa shape index (κ1) is 16.5. The van der Waals surface area contributed by atoms with E-state index in [1.807, 2.05) is 35.2 Å². The number of aryl methyl sites for hydroxylation is 1. The molecule has 1 saturated heterocycles. The van der Waals surface area contributed by atoms with Crippen LogP contribution in [0.5, 0.6) is 0 Å². The van der Waals surface area contributed by atoms with Crippen molar-refractivity contribution in [3.8, 4) is 0 Å². The first-order valence-corrected chi connectivity index (χ1v) is 8.88. The molecule has 2 aromatic heterocycles. The quantitative estimate of drug-likeness (QED) is 0.722. The standard InChI is InChI=1S/C19H21N5O2/c1-14-21-18(26-22-14)17-9-5-6-10-24(17)19(25)16-11-20-23(13-16)12-15-7-3-2-4-8-15/h2-4,7-8,11,13,17H,5-6,9-10,12H2,1H3. The van der Waals surface area contributed by atoms with E-state index in [0.717, 1.165) is 24.8 Å². The van der Waals surface area contributed by atoms with Crippen LogP contribution in [0.4, 0.5) is 0 Å². The molecule has 0 aliphatic carbocycles. The number of carbonyl (C=O) groups excluding carboxylic acids is 1. The van der Waals surface area contributed by atoms with Crippen molar-refractivity contribution in [3.05, 3.63) is 65.6 Å². The van der Waals surface area contributed by atoms with Crippen molar-refractivity contribution in [2.75, 3.05) is 6.54 Å². The van der Waals surface area contributed by atoms with E-state index >= 15 is 0 Å². The number of carbonyl (C=O) groups is 1. The predicted molar refractivity (Wildman–Crippen MR) is 94.4 cm³/mol. The van der Waals surface area contributed by atoms with Crippen LogP contribution in [0.2, 0.25) is 0 Å². The zero-order valence-corrected chi connectivity index (χ0v) is 14.7. The number of aromatic nitrogens is 4. The SMILES string of the molecule is Cc1noc(C2CCCCN2C(=O)c2cnn(Cc3ccccc3)c2)n1. The van der Waals surface area contributed by atoms with E-state index in [4.69, 9.17) is 4.52 Å². The molecule has 4 rings (SSSR count). The lowest BCUT2D eigenvalue weighted by atomic mass is 10.0. The van der Waals surface area contributed by atoms with Crippen LogP contribution in [0.1, 0.15) is 52.9 Å². The fourth-order valence-corrected chi connectivity index (χ4v) is 3.38. The summed E-state index contributed by atoms with van der Waals surface area (Å²) in [6.07, 6.45) is 6.30. The normalized spacial score (nSPS) is 17.4. The van der Waals surface area contributed by atoms with Crippen molar-refractivity contribution in [2.45, 2.75) is 38.8 Å². The van der Waals surface area contributed by atoms with Gasteiger partial charge in [0.15, 0.2) is 5.82 Å². The Bertz CT molecular complexity index is 886. The first-order chi connectivity index (χ1) is 12.7. The van der Waals surface area contributed by atoms with E-state index < -0.39 is 0 Å². The zero-order valence-electron chi connectivity index (χ0n) is 14.7. The van der Waals surface area contributed by atoms with E-state index in [1.54, 1.807) is 24.0 Å². The molecule has 1 aliphatic heterocycles. The van der Waals surface area contributed by atoms with Gasteiger partial charge in [-0.05, 0) is 31.7 Å². The summed E-state index contributed by atoms with van der Waals surface area (Å²) in [7, 11) is 0. The van der Waals surface area contributed by atoms with Gasteiger partial charge in [-0.3, -0.25) is 9.48 Å². The first-order valence-electron chi connectivity index (χ1n) is 8.88. The lowest BCUT2D eigenvalue weighted by Crippen LogP contribution is -2.38. The van der Waals surface area contributed by atoms with Gasteiger partial charge in [-0.15, -0.1) is 0 Å². The molecular formula is C19H21N5O2. The smallest absolute Gasteiger partial charge is 0.257 e. The number of piperidine rings is 1. The maximum atomic E-state index is 13.0. The maximum absolute atomic E-state index is 13.0. The molecule has 7 heteroatoms. The summed E-state index contributed by atoms with van der Waals surface area (Å²) in [5.41, 5.74) is 1.73. The molecule has 134 valence electrons. The Hall–Kier alpha value is -2.96. The van der Waals surface area contributed by atoms with Crippen molar-refractivity contribution >= 4 is 5.91 Å². The highest BCUT2D eigenvalue weighted by molar-refractivity contribution is 5.94. The Balaban J connectivity index is 1.52. The summed E-state index contributed by atoms with van der Waals surface area (Å²) < 4.78 is 7.12. The van der Waals surface area contributed by atoms with Gasteiger partial charge in [0.25, 0.3) is 5.91 Å². The zero-order chi connectivity index (χ0) is 17.9. The average molecular weight is 351 g/mol. The van der Waals surface area contributed by atoms with Crippen LogP contribution in [-0.4, -0.2) is 37.3 Å². The highest BCUT2D eigenvalue weighted by Gasteiger charge is 2.32. The van der Waals surface area contributed by atoms with Crippen LogP contribution in [0.3, 0.4) is 0 Å². The number of likely N-dealkylation sites (tertiary alicyclic amines) is 1. The molecule has 1 amide bonds. The van der Waals surface area contributed by atoms with Gasteiger partial charge in [-0.25, -0.2) is 0 Å². The van der Waals surface area contributed by atoms with Gasteiger partial charge in [0, 0.05) is 12.7 Å². The lowest BCUT2D eigenvalue weighted by molar-refractivity contribution is 0.0561. The van der Waals surface area contributed by atoms with Gasteiger partial charge in [0.2, 0.25) is 5.89 Å². The highest BCUT2D eigenvalue weighted by Crippen LogP contribution is 2.31. The van der Waals surface area contributed by atoms with Crippen LogP contribution >= 0.6 is 0 Å². The molecule has 3 aromatic rings. The Morgan fingerprint density at radius 2 is 2.12 bits per heavy atom. The third kappa shape index (κ3) is 3.37. The van der Waals surface area contributed by atoms with Gasteiger partial charge in [-0.1, -0.05) is 35.5 Å². The lowest BCUT2D eigenvalue weighted by Gasteiger charge is -2.33. The van der Waals surface area contributed by atoms with Gasteiger partial charge >= 0.3 is 0 Å². The fourth-order valence-electron chi connectivity index (χ4n) is 3.38. The second kappa shape index (κ2) is 7.11. The van der Waals surface area contributed by atoms with Crippen molar-refractivity contribution < 1.29 is 9.32 Å². The molecule has 0 bridgehead atoms. The summed E-state index contributed by atoms with van der Waals surface area (Å²) in [6, 6.07) is 9.90. The Morgan fingerprint density at radius 1 is 1.27 bits per heavy atom. The molecule has 1 fully saturated rings. The predicted octanol–water partition coefficient (Wildman–Crippen LogP) is 2.99. The molecule has 0 N–H and O–H groups in total. The maximum Gasteiger partial charge on any atom is 0.257 e. The highest BCUT2D eigenvalue weighted by atomic mass is 16.5. The van der Waals surface area contributed by atoms with Crippen molar-refractivity contribution in [1.82, 2.24) is 24.8 Å². The van der Waals surface area contributed by atoms with E-state index in [-0.39, 0.29) is 11.9 Å². The average Bonchev–Trinajstić information content (AvgIpc) is 3.31. The minimum Gasteiger partial charge on any atom is -0.337 e. The summed E-state index contributed by atoms with van der Waals surface area (Å²) in [5.74, 6) is 1.07. The summed E-state index contributed by atoms with van der Waals surface area (Å²) >= 11 is 0. The topological polar surface area (TPSA) is 77.0 Å². The van der Waals surface area contributed by atoms with Crippen LogP contribution in [0, 0.1) is 6.92 Å². The van der Waals surface area contributed by atoms with Crippen molar-refractivity contribution in [2.24, 2.45) is 0 Å². The molecule has 0 radical (unpaired) electrons.